The second-order valence-electron chi connectivity index (χ2n) is 4.82. The van der Waals surface area contributed by atoms with Crippen molar-refractivity contribution in [2.45, 2.75) is 0 Å². The molecule has 0 fully saturated rings. The Labute approximate surface area is 154 Å². The molecule has 26 heavy (non-hydrogen) atoms. The van der Waals surface area contributed by atoms with Crippen molar-refractivity contribution in [3.05, 3.63) is 34.7 Å². The number of aliphatic imine (C=N–C) groups is 1. The van der Waals surface area contributed by atoms with E-state index in [0.717, 1.165) is 5.56 Å². The standard InChI is InChI=1S/C17H18N2O6S/c1-22-12-5-10(6-13(23-2)16(12)24-3)8-18-14-7-11(9-26-14)15(17(20)21)19-25-4/h5-9H,1-4H3,(H,20,21)/b18-8?,19-15-. The smallest absolute Gasteiger partial charge is 0.358 e. The summed E-state index contributed by atoms with van der Waals surface area (Å²) in [6.45, 7) is 0. The van der Waals surface area contributed by atoms with Gasteiger partial charge in [-0.2, -0.15) is 0 Å². The molecule has 2 aromatic rings. The molecule has 1 heterocycles. The van der Waals surface area contributed by atoms with Gasteiger partial charge in [0.1, 0.15) is 12.1 Å². The quantitative estimate of drug-likeness (QED) is 0.560. The number of oxime groups is 1. The molecule has 8 nitrogen and oxygen atoms in total. The predicted octanol–water partition coefficient (Wildman–Crippen LogP) is 2.96. The van der Waals surface area contributed by atoms with Crippen molar-refractivity contribution in [2.75, 3.05) is 28.4 Å². The Bertz CT molecular complexity index is 819. The number of benzene rings is 1. The fourth-order valence-corrected chi connectivity index (χ4v) is 2.87. The fourth-order valence-electron chi connectivity index (χ4n) is 2.14. The second kappa shape index (κ2) is 8.86. The molecule has 0 spiro atoms. The molecule has 0 aliphatic rings. The summed E-state index contributed by atoms with van der Waals surface area (Å²) in [6, 6.07) is 5.13. The van der Waals surface area contributed by atoms with Gasteiger partial charge in [0.15, 0.2) is 17.2 Å². The lowest BCUT2D eigenvalue weighted by molar-refractivity contribution is -0.129. The molecule has 9 heteroatoms. The highest BCUT2D eigenvalue weighted by atomic mass is 32.1. The van der Waals surface area contributed by atoms with E-state index in [0.29, 0.717) is 27.8 Å². The topological polar surface area (TPSA) is 98.9 Å². The van der Waals surface area contributed by atoms with Crippen LogP contribution in [0.1, 0.15) is 11.1 Å². The van der Waals surface area contributed by atoms with Crippen LogP contribution in [0.5, 0.6) is 17.2 Å². The van der Waals surface area contributed by atoms with Crippen molar-refractivity contribution < 1.29 is 28.9 Å². The number of nitrogens with zero attached hydrogens (tertiary/aromatic N) is 2. The highest BCUT2D eigenvalue weighted by molar-refractivity contribution is 7.14. The first kappa shape index (κ1) is 19.3. The van der Waals surface area contributed by atoms with Crippen molar-refractivity contribution in [1.29, 1.82) is 0 Å². The summed E-state index contributed by atoms with van der Waals surface area (Å²) in [5, 5.41) is 14.9. The minimum absolute atomic E-state index is 0.182. The van der Waals surface area contributed by atoms with Crippen molar-refractivity contribution in [3.8, 4) is 17.2 Å². The summed E-state index contributed by atoms with van der Waals surface area (Å²) in [5.74, 6) is 0.346. The van der Waals surface area contributed by atoms with Crippen LogP contribution >= 0.6 is 11.3 Å². The van der Waals surface area contributed by atoms with Gasteiger partial charge >= 0.3 is 5.97 Å². The molecule has 0 unspecified atom stereocenters. The Morgan fingerprint density at radius 3 is 2.23 bits per heavy atom. The molecule has 0 aliphatic carbocycles. The number of carboxylic acid groups (broad SMARTS) is 1. The maximum atomic E-state index is 11.2. The maximum absolute atomic E-state index is 11.2. The van der Waals surface area contributed by atoms with Crippen LogP contribution in [0.15, 0.2) is 33.7 Å². The molecule has 1 aromatic carbocycles. The van der Waals surface area contributed by atoms with Crippen LogP contribution in [0, 0.1) is 0 Å². The molecule has 0 aliphatic heterocycles. The van der Waals surface area contributed by atoms with Gasteiger partial charge in [-0.05, 0) is 18.2 Å². The average molecular weight is 378 g/mol. The van der Waals surface area contributed by atoms with Gasteiger partial charge in [0.2, 0.25) is 5.75 Å². The van der Waals surface area contributed by atoms with E-state index in [1.165, 1.54) is 39.8 Å². The summed E-state index contributed by atoms with van der Waals surface area (Å²) in [6.07, 6.45) is 1.62. The second-order valence-corrected chi connectivity index (χ2v) is 5.71. The van der Waals surface area contributed by atoms with Gasteiger partial charge in [0, 0.05) is 22.7 Å². The molecule has 0 radical (unpaired) electrons. The molecule has 138 valence electrons. The van der Waals surface area contributed by atoms with Crippen LogP contribution in [0.4, 0.5) is 5.00 Å². The van der Waals surface area contributed by atoms with Gasteiger partial charge < -0.3 is 24.2 Å². The first-order chi connectivity index (χ1) is 12.5. The fraction of sp³-hybridized carbons (Fsp3) is 0.235. The van der Waals surface area contributed by atoms with E-state index in [9.17, 15) is 4.79 Å². The highest BCUT2D eigenvalue weighted by Crippen LogP contribution is 2.38. The van der Waals surface area contributed by atoms with Gasteiger partial charge in [-0.25, -0.2) is 9.79 Å². The number of hydrogen-bond acceptors (Lipinski definition) is 8. The van der Waals surface area contributed by atoms with Gasteiger partial charge in [0.05, 0.1) is 21.3 Å². The van der Waals surface area contributed by atoms with Gasteiger partial charge in [0.25, 0.3) is 0 Å². The van der Waals surface area contributed by atoms with E-state index >= 15 is 0 Å². The Morgan fingerprint density at radius 2 is 1.73 bits per heavy atom. The Balaban J connectivity index is 2.31. The van der Waals surface area contributed by atoms with Crippen molar-refractivity contribution >= 4 is 34.2 Å². The normalized spacial score (nSPS) is 11.5. The number of aliphatic carboxylic acids is 1. The summed E-state index contributed by atoms with van der Waals surface area (Å²) in [4.78, 5) is 20.1. The zero-order valence-electron chi connectivity index (χ0n) is 14.7. The van der Waals surface area contributed by atoms with Crippen LogP contribution in [0.25, 0.3) is 0 Å². The van der Waals surface area contributed by atoms with Crippen LogP contribution < -0.4 is 14.2 Å². The number of thiophene rings is 1. The Kier molecular flexibility index (Phi) is 6.56. The van der Waals surface area contributed by atoms with Gasteiger partial charge in [-0.3, -0.25) is 0 Å². The van der Waals surface area contributed by atoms with Crippen molar-refractivity contribution in [3.63, 3.8) is 0 Å². The number of carboxylic acids is 1. The first-order valence-corrected chi connectivity index (χ1v) is 8.19. The van der Waals surface area contributed by atoms with Crippen molar-refractivity contribution in [1.82, 2.24) is 0 Å². The number of methoxy groups -OCH3 is 3. The number of carbonyl (C=O) groups is 1. The summed E-state index contributed by atoms with van der Waals surface area (Å²) in [5.41, 5.74) is 0.970. The molecular formula is C17H18N2O6S. The zero-order valence-corrected chi connectivity index (χ0v) is 15.5. The van der Waals surface area contributed by atoms with Crippen LogP contribution in [-0.4, -0.2) is 51.4 Å². The minimum atomic E-state index is -1.18. The molecule has 0 bridgehead atoms. The molecule has 0 saturated carbocycles. The van der Waals surface area contributed by atoms with E-state index in [1.54, 1.807) is 29.8 Å². The minimum Gasteiger partial charge on any atom is -0.493 e. The molecule has 0 atom stereocenters. The van der Waals surface area contributed by atoms with Gasteiger partial charge in [-0.15, -0.1) is 11.3 Å². The van der Waals surface area contributed by atoms with E-state index in [2.05, 4.69) is 15.0 Å². The monoisotopic (exact) mass is 378 g/mol. The van der Waals surface area contributed by atoms with Gasteiger partial charge in [-0.1, -0.05) is 5.16 Å². The molecule has 0 saturated heterocycles. The Morgan fingerprint density at radius 1 is 1.08 bits per heavy atom. The SMILES string of the molecule is CO/N=C(\C(=O)O)c1csc(N=Cc2cc(OC)c(OC)c(OC)c2)c1. The highest BCUT2D eigenvalue weighted by Gasteiger charge is 2.16. The Hall–Kier alpha value is -3.07. The van der Waals surface area contributed by atoms with Crippen molar-refractivity contribution in [2.24, 2.45) is 10.1 Å². The lowest BCUT2D eigenvalue weighted by Gasteiger charge is -2.12. The molecule has 2 rings (SSSR count). The molecule has 1 N–H and O–H groups in total. The number of hydrogen-bond donors (Lipinski definition) is 1. The number of ether oxygens (including phenoxy) is 3. The van der Waals surface area contributed by atoms with E-state index in [1.807, 2.05) is 0 Å². The largest absolute Gasteiger partial charge is 0.493 e. The van der Waals surface area contributed by atoms with Crippen LogP contribution in [-0.2, 0) is 9.63 Å². The molecule has 1 aromatic heterocycles. The molecular weight excluding hydrogens is 360 g/mol. The summed E-state index contributed by atoms with van der Waals surface area (Å²) in [7, 11) is 5.89. The van der Waals surface area contributed by atoms with E-state index in [-0.39, 0.29) is 5.71 Å². The zero-order chi connectivity index (χ0) is 19.1. The third kappa shape index (κ3) is 4.31. The lowest BCUT2D eigenvalue weighted by Crippen LogP contribution is -2.13. The predicted molar refractivity (Wildman–Crippen MR) is 98.9 cm³/mol. The lowest BCUT2D eigenvalue weighted by atomic mass is 10.2. The summed E-state index contributed by atoms with van der Waals surface area (Å²) < 4.78 is 15.9. The number of rotatable bonds is 8. The third-order valence-corrected chi connectivity index (χ3v) is 4.11. The van der Waals surface area contributed by atoms with E-state index < -0.39 is 5.97 Å². The molecule has 0 amide bonds. The van der Waals surface area contributed by atoms with Crippen LogP contribution in [0.3, 0.4) is 0 Å². The average Bonchev–Trinajstić information content (AvgIpc) is 3.11. The summed E-state index contributed by atoms with van der Waals surface area (Å²) >= 11 is 1.28. The first-order valence-electron chi connectivity index (χ1n) is 7.31. The van der Waals surface area contributed by atoms with Crippen LogP contribution in [0.2, 0.25) is 0 Å². The van der Waals surface area contributed by atoms with E-state index in [4.69, 9.17) is 19.3 Å². The third-order valence-electron chi connectivity index (χ3n) is 3.27. The maximum Gasteiger partial charge on any atom is 0.358 e.